The van der Waals surface area contributed by atoms with Gasteiger partial charge in [-0.25, -0.2) is 0 Å². The highest BCUT2D eigenvalue weighted by Crippen LogP contribution is 2.27. The van der Waals surface area contributed by atoms with Gasteiger partial charge in [0.05, 0.1) is 0 Å². The van der Waals surface area contributed by atoms with Crippen LogP contribution in [-0.4, -0.2) is 43.5 Å². The number of nitrogens with two attached hydrogens (primary N) is 3. The lowest BCUT2D eigenvalue weighted by molar-refractivity contribution is 0.0120. The molecule has 3 rings (SSSR count). The molecule has 0 aliphatic carbocycles. The zero-order valence-electron chi connectivity index (χ0n) is 18.6. The molecular formula is C17H33Cl2N7O3S2. The summed E-state index contributed by atoms with van der Waals surface area (Å²) in [6.45, 7) is 11.8. The molecule has 0 aromatic heterocycles. The number of hydrogen-bond donors (Lipinski definition) is 4. The van der Waals surface area contributed by atoms with Gasteiger partial charge in [0.1, 0.15) is 27.0 Å². The van der Waals surface area contributed by atoms with Crippen molar-refractivity contribution < 1.29 is 14.5 Å². The molecule has 0 radical (unpaired) electrons. The van der Waals surface area contributed by atoms with Crippen LogP contribution in [0.3, 0.4) is 0 Å². The van der Waals surface area contributed by atoms with E-state index in [2.05, 4.69) is 39.2 Å². The summed E-state index contributed by atoms with van der Waals surface area (Å²) in [6.07, 6.45) is 4.19. The maximum absolute atomic E-state index is 6.99. The summed E-state index contributed by atoms with van der Waals surface area (Å²) in [7, 11) is 0. The second kappa shape index (κ2) is 13.8. The number of nitrogens with zero attached hydrogens (tertiary/aromatic N) is 3. The van der Waals surface area contributed by atoms with Gasteiger partial charge in [-0.05, 0) is 65.5 Å². The zero-order valence-corrected chi connectivity index (χ0v) is 21.8. The molecule has 0 aromatic carbocycles. The van der Waals surface area contributed by atoms with Gasteiger partial charge < -0.3 is 31.7 Å². The molecule has 3 aliphatic rings. The lowest BCUT2D eigenvalue weighted by atomic mass is 10.1. The monoisotopic (exact) mass is 517 g/mol. The number of amidine groups is 1. The van der Waals surface area contributed by atoms with Crippen molar-refractivity contribution in [2.75, 3.05) is 0 Å². The summed E-state index contributed by atoms with van der Waals surface area (Å²) < 4.78 is 0. The maximum atomic E-state index is 6.99. The van der Waals surface area contributed by atoms with E-state index in [0.29, 0.717) is 5.17 Å². The van der Waals surface area contributed by atoms with Crippen LogP contribution in [0.1, 0.15) is 60.8 Å². The predicted molar refractivity (Wildman–Crippen MR) is 136 cm³/mol. The van der Waals surface area contributed by atoms with Gasteiger partial charge in [-0.3, -0.25) is 5.41 Å². The Morgan fingerprint density at radius 3 is 1.68 bits per heavy atom. The maximum Gasteiger partial charge on any atom is 0.160 e. The minimum atomic E-state index is -0.224. The molecule has 3 aliphatic heterocycles. The summed E-state index contributed by atoms with van der Waals surface area (Å²) >= 11 is 10.8. The van der Waals surface area contributed by atoms with E-state index in [1.807, 2.05) is 41.5 Å². The summed E-state index contributed by atoms with van der Waals surface area (Å²) in [5, 5.41) is 19.4. The SMILES string of the molecule is CC1(C)CC(Cl)=NO1.CC1(C)CC(SC(=N)N)=NO1.CC1(C)CC=NO1.Cl.NC(N)=S. The van der Waals surface area contributed by atoms with Crippen LogP contribution in [0, 0.1) is 5.41 Å². The summed E-state index contributed by atoms with van der Waals surface area (Å²) in [6, 6.07) is 0. The molecule has 14 heteroatoms. The second-order valence-corrected chi connectivity index (χ2v) is 10.2. The van der Waals surface area contributed by atoms with Crippen LogP contribution in [0.4, 0.5) is 0 Å². The molecule has 0 unspecified atom stereocenters. The third-order valence-electron chi connectivity index (χ3n) is 3.12. The van der Waals surface area contributed by atoms with E-state index in [4.69, 9.17) is 37.3 Å². The average molecular weight is 519 g/mol. The predicted octanol–water partition coefficient (Wildman–Crippen LogP) is 3.64. The Balaban J connectivity index is 0. The third-order valence-corrected chi connectivity index (χ3v) is 4.00. The molecule has 0 amide bonds. The highest BCUT2D eigenvalue weighted by Gasteiger charge is 2.29. The molecule has 0 aromatic rings. The fourth-order valence-electron chi connectivity index (χ4n) is 1.85. The molecule has 0 saturated carbocycles. The van der Waals surface area contributed by atoms with E-state index in [0.717, 1.165) is 36.1 Å². The largest absolute Gasteiger partial charge is 0.390 e. The first-order valence-corrected chi connectivity index (χ1v) is 10.6. The number of thioether (sulfide) groups is 1. The molecule has 3 heterocycles. The Bertz CT molecular complexity index is 685. The van der Waals surface area contributed by atoms with Crippen molar-refractivity contribution >= 4 is 74.7 Å². The number of nitrogens with one attached hydrogen (secondary N) is 1. The fraction of sp³-hybridized carbons (Fsp3) is 0.706. The molecular weight excluding hydrogens is 485 g/mol. The van der Waals surface area contributed by atoms with E-state index in [1.165, 1.54) is 0 Å². The van der Waals surface area contributed by atoms with Gasteiger partial charge in [0.2, 0.25) is 0 Å². The Morgan fingerprint density at radius 2 is 1.48 bits per heavy atom. The molecule has 180 valence electrons. The minimum Gasteiger partial charge on any atom is -0.390 e. The van der Waals surface area contributed by atoms with Crippen LogP contribution < -0.4 is 17.2 Å². The van der Waals surface area contributed by atoms with Gasteiger partial charge in [0.25, 0.3) is 0 Å². The van der Waals surface area contributed by atoms with Gasteiger partial charge in [-0.15, -0.1) is 12.4 Å². The second-order valence-electron chi connectivity index (χ2n) is 8.22. The van der Waals surface area contributed by atoms with Crippen molar-refractivity contribution in [3.8, 4) is 0 Å². The summed E-state index contributed by atoms with van der Waals surface area (Å²) in [4.78, 5) is 14.9. The highest BCUT2D eigenvalue weighted by molar-refractivity contribution is 8.26. The molecule has 7 N–H and O–H groups in total. The molecule has 0 saturated heterocycles. The average Bonchev–Trinajstić information content (AvgIpc) is 3.18. The van der Waals surface area contributed by atoms with Crippen LogP contribution in [0.15, 0.2) is 15.5 Å². The van der Waals surface area contributed by atoms with E-state index >= 15 is 0 Å². The van der Waals surface area contributed by atoms with Gasteiger partial charge >= 0.3 is 0 Å². The van der Waals surface area contributed by atoms with E-state index in [9.17, 15) is 0 Å². The number of hydrogen-bond acceptors (Lipinski definition) is 9. The molecule has 31 heavy (non-hydrogen) atoms. The lowest BCUT2D eigenvalue weighted by Gasteiger charge is -2.12. The number of oxime groups is 3. The first kappa shape index (κ1) is 31.7. The van der Waals surface area contributed by atoms with Crippen molar-refractivity contribution in [3.05, 3.63) is 0 Å². The quantitative estimate of drug-likeness (QED) is 0.214. The topological polar surface area (TPSA) is 167 Å². The van der Waals surface area contributed by atoms with Crippen LogP contribution in [0.2, 0.25) is 0 Å². The Hall–Kier alpha value is -1.50. The third kappa shape index (κ3) is 17.8. The molecule has 0 atom stereocenters. The first-order valence-electron chi connectivity index (χ1n) is 8.96. The Kier molecular flexibility index (Phi) is 14.1. The van der Waals surface area contributed by atoms with E-state index < -0.39 is 0 Å². The standard InChI is InChI=1S/C6H11N3OS.C5H8ClNO.C5H9NO.CH4N2S.ClH/c1-6(2)3-4(9-10-6)11-5(7)8;1-5(2)3-4(6)7-8-5;1-5(2)3-4-6-7-5;2-1(3)4;/h3H2,1-2H3,(H3,7,8);3H2,1-2H3;4H,3H2,1-2H3;(H4,2,3,4);1H. The van der Waals surface area contributed by atoms with Crippen molar-refractivity contribution in [2.45, 2.75) is 77.6 Å². The number of rotatable bonds is 0. The molecule has 0 bridgehead atoms. The summed E-state index contributed by atoms with van der Waals surface area (Å²) in [5.41, 5.74) is 14.0. The Labute approximate surface area is 204 Å². The van der Waals surface area contributed by atoms with Gasteiger partial charge in [-0.1, -0.05) is 27.1 Å². The smallest absolute Gasteiger partial charge is 0.160 e. The van der Waals surface area contributed by atoms with E-state index in [-0.39, 0.29) is 39.5 Å². The first-order chi connectivity index (χ1) is 13.5. The molecule has 0 spiro atoms. The van der Waals surface area contributed by atoms with Crippen LogP contribution in [0.25, 0.3) is 0 Å². The summed E-state index contributed by atoms with van der Waals surface area (Å²) in [5.74, 6) is 0. The van der Waals surface area contributed by atoms with E-state index in [1.54, 1.807) is 6.21 Å². The van der Waals surface area contributed by atoms with Crippen molar-refractivity contribution in [2.24, 2.45) is 32.7 Å². The van der Waals surface area contributed by atoms with Crippen molar-refractivity contribution in [3.63, 3.8) is 0 Å². The van der Waals surface area contributed by atoms with Gasteiger partial charge in [0.15, 0.2) is 10.3 Å². The van der Waals surface area contributed by atoms with Crippen molar-refractivity contribution in [1.82, 2.24) is 0 Å². The lowest BCUT2D eigenvalue weighted by Crippen LogP contribution is -2.19. The molecule has 10 nitrogen and oxygen atoms in total. The fourth-order valence-corrected chi connectivity index (χ4v) is 2.95. The normalized spacial score (nSPS) is 20.1. The van der Waals surface area contributed by atoms with Gasteiger partial charge in [0, 0.05) is 25.5 Å². The Morgan fingerprint density at radius 1 is 1.00 bits per heavy atom. The molecule has 0 fully saturated rings. The highest BCUT2D eigenvalue weighted by atomic mass is 35.5. The minimum absolute atomic E-state index is 0. The van der Waals surface area contributed by atoms with Crippen molar-refractivity contribution in [1.29, 1.82) is 5.41 Å². The van der Waals surface area contributed by atoms with Crippen LogP contribution >= 0.6 is 48.0 Å². The van der Waals surface area contributed by atoms with Crippen LogP contribution in [0.5, 0.6) is 0 Å². The number of halogens is 2. The zero-order chi connectivity index (χ0) is 23.6. The van der Waals surface area contributed by atoms with Gasteiger partial charge in [-0.2, -0.15) is 0 Å². The van der Waals surface area contributed by atoms with Crippen LogP contribution in [-0.2, 0) is 14.5 Å². The number of thiocarbonyl (C=S) groups is 1.